The normalized spacial score (nSPS) is 26.5. The van der Waals surface area contributed by atoms with Crippen LogP contribution in [0, 0.1) is 5.92 Å². The quantitative estimate of drug-likeness (QED) is 0.762. The number of hydrogen-bond donors (Lipinski definition) is 1. The summed E-state index contributed by atoms with van der Waals surface area (Å²) >= 11 is 0. The van der Waals surface area contributed by atoms with Gasteiger partial charge in [-0.05, 0) is 32.6 Å². The Morgan fingerprint density at radius 3 is 2.60 bits per heavy atom. The minimum Gasteiger partial charge on any atom is -0.480 e. The first-order valence-electron chi connectivity index (χ1n) is 6.03. The number of hydrogen-bond acceptors (Lipinski definition) is 2. The lowest BCUT2D eigenvalue weighted by Crippen LogP contribution is -2.45. The van der Waals surface area contributed by atoms with Gasteiger partial charge in [-0.25, -0.2) is 0 Å². The van der Waals surface area contributed by atoms with E-state index in [1.165, 1.54) is 25.7 Å². The van der Waals surface area contributed by atoms with Crippen molar-refractivity contribution in [2.45, 2.75) is 58.5 Å². The lowest BCUT2D eigenvalue weighted by atomic mass is 9.98. The average Bonchev–Trinajstić information content (AvgIpc) is 2.60. The fraction of sp³-hybridized carbons (Fsp3) is 0.917. The number of aliphatic carboxylic acids is 1. The highest BCUT2D eigenvalue weighted by Crippen LogP contribution is 2.32. The second-order valence-electron chi connectivity index (χ2n) is 4.83. The minimum atomic E-state index is -0.703. The molecule has 0 aromatic heterocycles. The summed E-state index contributed by atoms with van der Waals surface area (Å²) in [5.41, 5.74) is 0. The van der Waals surface area contributed by atoms with Gasteiger partial charge in [-0.1, -0.05) is 19.8 Å². The third-order valence-electron chi connectivity index (χ3n) is 3.55. The first kappa shape index (κ1) is 12.5. The summed E-state index contributed by atoms with van der Waals surface area (Å²) in [5.74, 6) is -0.00259. The molecule has 0 aromatic carbocycles. The van der Waals surface area contributed by atoms with Crippen molar-refractivity contribution in [1.82, 2.24) is 4.90 Å². The molecule has 2 atom stereocenters. The lowest BCUT2D eigenvalue weighted by Gasteiger charge is -2.34. The van der Waals surface area contributed by atoms with Crippen LogP contribution in [0.4, 0.5) is 0 Å². The summed E-state index contributed by atoms with van der Waals surface area (Å²) in [5, 5.41) is 8.91. The minimum absolute atomic E-state index is 0.193. The van der Waals surface area contributed by atoms with Crippen LogP contribution in [0.25, 0.3) is 0 Å². The maximum Gasteiger partial charge on any atom is 0.317 e. The zero-order chi connectivity index (χ0) is 11.4. The molecule has 88 valence electrons. The van der Waals surface area contributed by atoms with E-state index in [1.807, 2.05) is 0 Å². The molecule has 0 saturated heterocycles. The van der Waals surface area contributed by atoms with E-state index in [0.717, 1.165) is 0 Å². The Morgan fingerprint density at radius 1 is 1.47 bits per heavy atom. The van der Waals surface area contributed by atoms with E-state index in [9.17, 15) is 4.79 Å². The molecule has 2 unspecified atom stereocenters. The molecule has 0 radical (unpaired) electrons. The molecule has 0 aromatic rings. The molecule has 3 heteroatoms. The molecule has 0 bridgehead atoms. The maximum atomic E-state index is 10.8. The SMILES string of the molecule is CCC1CCCC1N(CC(=O)O)C(C)C. The molecule has 1 fully saturated rings. The van der Waals surface area contributed by atoms with E-state index in [0.29, 0.717) is 18.0 Å². The van der Waals surface area contributed by atoms with Gasteiger partial charge in [0.25, 0.3) is 0 Å². The maximum absolute atomic E-state index is 10.8. The Morgan fingerprint density at radius 2 is 2.13 bits per heavy atom. The van der Waals surface area contributed by atoms with Gasteiger partial charge >= 0.3 is 5.97 Å². The van der Waals surface area contributed by atoms with E-state index in [-0.39, 0.29) is 6.54 Å². The Bertz CT molecular complexity index is 216. The second-order valence-corrected chi connectivity index (χ2v) is 4.83. The number of carboxylic acids is 1. The molecule has 1 saturated carbocycles. The summed E-state index contributed by atoms with van der Waals surface area (Å²) in [4.78, 5) is 13.0. The molecule has 0 amide bonds. The lowest BCUT2D eigenvalue weighted by molar-refractivity contribution is -0.139. The Hall–Kier alpha value is -0.570. The molecule has 1 aliphatic rings. The number of nitrogens with zero attached hydrogens (tertiary/aromatic N) is 1. The van der Waals surface area contributed by atoms with Gasteiger partial charge in [-0.2, -0.15) is 0 Å². The van der Waals surface area contributed by atoms with Gasteiger partial charge in [0.15, 0.2) is 0 Å². The molecule has 1 N–H and O–H groups in total. The second kappa shape index (κ2) is 5.50. The third-order valence-corrected chi connectivity index (χ3v) is 3.55. The van der Waals surface area contributed by atoms with Crippen molar-refractivity contribution in [1.29, 1.82) is 0 Å². The predicted octanol–water partition coefficient (Wildman–Crippen LogP) is 2.36. The van der Waals surface area contributed by atoms with Crippen molar-refractivity contribution in [2.24, 2.45) is 5.92 Å². The van der Waals surface area contributed by atoms with Crippen molar-refractivity contribution in [3.63, 3.8) is 0 Å². The fourth-order valence-electron chi connectivity index (χ4n) is 2.77. The standard InChI is InChI=1S/C12H23NO2/c1-4-10-6-5-7-11(10)13(9(2)3)8-12(14)15/h9-11H,4-8H2,1-3H3,(H,14,15). The van der Waals surface area contributed by atoms with Crippen LogP contribution in [0.5, 0.6) is 0 Å². The van der Waals surface area contributed by atoms with Gasteiger partial charge in [-0.15, -0.1) is 0 Å². The van der Waals surface area contributed by atoms with E-state index in [2.05, 4.69) is 25.7 Å². The number of carboxylic acid groups (broad SMARTS) is 1. The summed E-state index contributed by atoms with van der Waals surface area (Å²) in [6, 6.07) is 0.823. The van der Waals surface area contributed by atoms with Crippen LogP contribution in [0.3, 0.4) is 0 Å². The van der Waals surface area contributed by atoms with Gasteiger partial charge < -0.3 is 5.11 Å². The molecule has 0 spiro atoms. The highest BCUT2D eigenvalue weighted by Gasteiger charge is 2.32. The summed E-state index contributed by atoms with van der Waals surface area (Å²) in [6.07, 6.45) is 4.87. The predicted molar refractivity (Wildman–Crippen MR) is 60.9 cm³/mol. The van der Waals surface area contributed by atoms with Crippen molar-refractivity contribution in [3.8, 4) is 0 Å². The Labute approximate surface area is 92.5 Å². The smallest absolute Gasteiger partial charge is 0.317 e. The molecule has 0 heterocycles. The average molecular weight is 213 g/mol. The molecule has 1 rings (SSSR count). The molecular formula is C12H23NO2. The largest absolute Gasteiger partial charge is 0.480 e. The fourth-order valence-corrected chi connectivity index (χ4v) is 2.77. The van der Waals surface area contributed by atoms with E-state index >= 15 is 0 Å². The molecule has 1 aliphatic carbocycles. The number of rotatable bonds is 5. The van der Waals surface area contributed by atoms with Crippen molar-refractivity contribution >= 4 is 5.97 Å². The first-order valence-corrected chi connectivity index (χ1v) is 6.03. The first-order chi connectivity index (χ1) is 7.06. The van der Waals surface area contributed by atoms with Crippen LogP contribution in [0.2, 0.25) is 0 Å². The molecule has 0 aliphatic heterocycles. The third kappa shape index (κ3) is 3.20. The van der Waals surface area contributed by atoms with Crippen LogP contribution in [-0.4, -0.2) is 34.6 Å². The van der Waals surface area contributed by atoms with Crippen molar-refractivity contribution < 1.29 is 9.90 Å². The summed E-state index contributed by atoms with van der Waals surface area (Å²) in [6.45, 7) is 6.59. The van der Waals surface area contributed by atoms with Gasteiger partial charge in [-0.3, -0.25) is 9.69 Å². The Balaban J connectivity index is 2.65. The number of carbonyl (C=O) groups is 1. The van der Waals surface area contributed by atoms with Crippen molar-refractivity contribution in [2.75, 3.05) is 6.54 Å². The zero-order valence-corrected chi connectivity index (χ0v) is 10.1. The van der Waals surface area contributed by atoms with Gasteiger partial charge in [0.2, 0.25) is 0 Å². The van der Waals surface area contributed by atoms with Crippen LogP contribution in [0.15, 0.2) is 0 Å². The monoisotopic (exact) mass is 213 g/mol. The van der Waals surface area contributed by atoms with E-state index < -0.39 is 5.97 Å². The molecule has 3 nitrogen and oxygen atoms in total. The highest BCUT2D eigenvalue weighted by molar-refractivity contribution is 5.69. The van der Waals surface area contributed by atoms with Crippen LogP contribution < -0.4 is 0 Å². The van der Waals surface area contributed by atoms with Gasteiger partial charge in [0.05, 0.1) is 6.54 Å². The van der Waals surface area contributed by atoms with Crippen LogP contribution >= 0.6 is 0 Å². The Kier molecular flexibility index (Phi) is 4.58. The highest BCUT2D eigenvalue weighted by atomic mass is 16.4. The van der Waals surface area contributed by atoms with Gasteiger partial charge in [0, 0.05) is 12.1 Å². The molecule has 15 heavy (non-hydrogen) atoms. The van der Waals surface area contributed by atoms with Crippen molar-refractivity contribution in [3.05, 3.63) is 0 Å². The van der Waals surface area contributed by atoms with E-state index in [4.69, 9.17) is 5.11 Å². The summed E-state index contributed by atoms with van der Waals surface area (Å²) in [7, 11) is 0. The zero-order valence-electron chi connectivity index (χ0n) is 10.1. The van der Waals surface area contributed by atoms with Crippen LogP contribution in [-0.2, 0) is 4.79 Å². The van der Waals surface area contributed by atoms with E-state index in [1.54, 1.807) is 0 Å². The van der Waals surface area contributed by atoms with Crippen LogP contribution in [0.1, 0.15) is 46.5 Å². The summed E-state index contributed by atoms with van der Waals surface area (Å²) < 4.78 is 0. The topological polar surface area (TPSA) is 40.5 Å². The molecular weight excluding hydrogens is 190 g/mol. The van der Waals surface area contributed by atoms with Gasteiger partial charge in [0.1, 0.15) is 0 Å².